The number of aromatic nitrogens is 2. The Hall–Kier alpha value is -3.33. The topological polar surface area (TPSA) is 83.3 Å². The average Bonchev–Trinajstić information content (AvgIpc) is 3.18. The highest BCUT2D eigenvalue weighted by molar-refractivity contribution is 6.02. The lowest BCUT2D eigenvalue weighted by Crippen LogP contribution is -2.48. The van der Waals surface area contributed by atoms with Gasteiger partial charge in [0.2, 0.25) is 5.89 Å². The Morgan fingerprint density at radius 2 is 1.87 bits per heavy atom. The number of aryl methyl sites for hydroxylation is 1. The van der Waals surface area contributed by atoms with Crippen LogP contribution in [0.1, 0.15) is 18.7 Å². The molecule has 1 saturated heterocycles. The van der Waals surface area contributed by atoms with Gasteiger partial charge in [0.25, 0.3) is 5.89 Å². The molecule has 2 N–H and O–H groups in total. The predicted octanol–water partition coefficient (Wildman–Crippen LogP) is 4.11. The molecule has 0 bridgehead atoms. The van der Waals surface area contributed by atoms with Crippen LogP contribution in [0.25, 0.3) is 11.5 Å². The summed E-state index contributed by atoms with van der Waals surface area (Å²) in [4.78, 5) is 14.8. The van der Waals surface area contributed by atoms with Crippen LogP contribution in [0.5, 0.6) is 0 Å². The number of nitrogens with zero attached hydrogens (tertiary/aromatic N) is 3. The number of hydrogen-bond donors (Lipinski definition) is 2. The third kappa shape index (κ3) is 4.16. The molecule has 2 aromatic carbocycles. The zero-order chi connectivity index (χ0) is 21.1. The van der Waals surface area contributed by atoms with Gasteiger partial charge in [0.05, 0.1) is 11.3 Å². The summed E-state index contributed by atoms with van der Waals surface area (Å²) in [6, 6.07) is 10.5. The maximum atomic E-state index is 14.5. The van der Waals surface area contributed by atoms with E-state index in [0.717, 1.165) is 25.9 Å². The molecule has 156 valence electrons. The van der Waals surface area contributed by atoms with E-state index >= 15 is 0 Å². The number of rotatable bonds is 4. The Labute approximate surface area is 172 Å². The van der Waals surface area contributed by atoms with Crippen molar-refractivity contribution in [3.05, 3.63) is 60.0 Å². The van der Waals surface area contributed by atoms with E-state index in [1.165, 1.54) is 6.07 Å². The van der Waals surface area contributed by atoms with Gasteiger partial charge >= 0.3 is 6.03 Å². The summed E-state index contributed by atoms with van der Waals surface area (Å²) in [5.41, 5.74) is 0.458. The van der Waals surface area contributed by atoms with Crippen molar-refractivity contribution in [3.8, 4) is 11.5 Å². The molecule has 9 heteroatoms. The van der Waals surface area contributed by atoms with E-state index in [-0.39, 0.29) is 29.1 Å². The predicted molar refractivity (Wildman–Crippen MR) is 108 cm³/mol. The number of amides is 2. The molecule has 2 amide bonds. The van der Waals surface area contributed by atoms with Gasteiger partial charge < -0.3 is 15.1 Å². The molecule has 1 aliphatic rings. The Morgan fingerprint density at radius 1 is 1.13 bits per heavy atom. The molecule has 1 fully saturated rings. The molecule has 0 spiro atoms. The van der Waals surface area contributed by atoms with E-state index in [1.54, 1.807) is 11.8 Å². The summed E-state index contributed by atoms with van der Waals surface area (Å²) >= 11 is 0. The second kappa shape index (κ2) is 8.58. The van der Waals surface area contributed by atoms with Crippen LogP contribution >= 0.6 is 0 Å². The number of halogens is 2. The van der Waals surface area contributed by atoms with Crippen LogP contribution in [-0.2, 0) is 0 Å². The van der Waals surface area contributed by atoms with E-state index in [4.69, 9.17) is 4.42 Å². The van der Waals surface area contributed by atoms with Gasteiger partial charge in [0.15, 0.2) is 0 Å². The fourth-order valence-electron chi connectivity index (χ4n) is 3.54. The molecule has 2 heterocycles. The number of carbonyl (C=O) groups excluding carboxylic acids is 1. The quantitative estimate of drug-likeness (QED) is 0.673. The smallest absolute Gasteiger partial charge is 0.326 e. The monoisotopic (exact) mass is 413 g/mol. The highest BCUT2D eigenvalue weighted by Crippen LogP contribution is 2.29. The minimum atomic E-state index is -0.890. The number of nitrogens with one attached hydrogen (secondary N) is 2. The number of urea groups is 1. The lowest BCUT2D eigenvalue weighted by Gasteiger charge is -2.34. The zero-order valence-electron chi connectivity index (χ0n) is 16.4. The molecule has 3 aromatic rings. The Balaban J connectivity index is 1.65. The van der Waals surface area contributed by atoms with Crippen molar-refractivity contribution >= 4 is 17.4 Å². The number of benzene rings is 2. The summed E-state index contributed by atoms with van der Waals surface area (Å²) in [6.07, 6.45) is 1.53. The standard InChI is InChI=1S/C21H21F2N5O2/c1-13-26-27-20(30-13)16-11-19(18(23)12-17(16)22)25-21(29)28(14-5-3-2-4-6-14)15-7-9-24-10-8-15/h2-6,11-12,15,24H,7-10H2,1H3,(H,25,29). The van der Waals surface area contributed by atoms with Gasteiger partial charge in [-0.3, -0.25) is 4.90 Å². The maximum absolute atomic E-state index is 14.5. The molecule has 30 heavy (non-hydrogen) atoms. The van der Waals surface area contributed by atoms with Gasteiger partial charge in [0.1, 0.15) is 11.6 Å². The average molecular weight is 413 g/mol. The van der Waals surface area contributed by atoms with E-state index in [1.807, 2.05) is 30.3 Å². The van der Waals surface area contributed by atoms with Crippen LogP contribution in [-0.4, -0.2) is 35.4 Å². The SMILES string of the molecule is Cc1nnc(-c2cc(NC(=O)N(c3ccccc3)C3CCNCC3)c(F)cc2F)o1. The molecular weight excluding hydrogens is 392 g/mol. The van der Waals surface area contributed by atoms with Crippen LogP contribution in [0, 0.1) is 18.6 Å². The first-order valence-electron chi connectivity index (χ1n) is 9.68. The van der Waals surface area contributed by atoms with Gasteiger partial charge in [-0.05, 0) is 44.1 Å². The Morgan fingerprint density at radius 3 is 2.53 bits per heavy atom. The maximum Gasteiger partial charge on any atom is 0.326 e. The number of hydrogen-bond acceptors (Lipinski definition) is 5. The highest BCUT2D eigenvalue weighted by Gasteiger charge is 2.28. The largest absolute Gasteiger partial charge is 0.421 e. The lowest BCUT2D eigenvalue weighted by atomic mass is 10.0. The third-order valence-electron chi connectivity index (χ3n) is 4.98. The Kier molecular flexibility index (Phi) is 5.71. The van der Waals surface area contributed by atoms with Gasteiger partial charge in [-0.1, -0.05) is 18.2 Å². The van der Waals surface area contributed by atoms with E-state index in [9.17, 15) is 13.6 Å². The first-order chi connectivity index (χ1) is 14.5. The van der Waals surface area contributed by atoms with Crippen molar-refractivity contribution in [2.75, 3.05) is 23.3 Å². The number of piperidine rings is 1. The van der Waals surface area contributed by atoms with Crippen molar-refractivity contribution in [2.24, 2.45) is 0 Å². The van der Waals surface area contributed by atoms with Crippen LogP contribution in [0.4, 0.5) is 25.0 Å². The van der Waals surface area contributed by atoms with Crippen LogP contribution in [0.15, 0.2) is 46.9 Å². The van der Waals surface area contributed by atoms with Crippen molar-refractivity contribution in [2.45, 2.75) is 25.8 Å². The number of anilines is 2. The third-order valence-corrected chi connectivity index (χ3v) is 4.98. The second-order valence-electron chi connectivity index (χ2n) is 7.06. The van der Waals surface area contributed by atoms with Gasteiger partial charge in [-0.2, -0.15) is 0 Å². The van der Waals surface area contributed by atoms with E-state index in [0.29, 0.717) is 11.8 Å². The van der Waals surface area contributed by atoms with Crippen LogP contribution in [0.2, 0.25) is 0 Å². The highest BCUT2D eigenvalue weighted by atomic mass is 19.1. The van der Waals surface area contributed by atoms with Crippen LogP contribution in [0.3, 0.4) is 0 Å². The zero-order valence-corrected chi connectivity index (χ0v) is 16.4. The normalized spacial score (nSPS) is 14.5. The van der Waals surface area contributed by atoms with Gasteiger partial charge in [0, 0.05) is 24.7 Å². The molecule has 0 atom stereocenters. The molecule has 1 aliphatic heterocycles. The molecule has 0 radical (unpaired) electrons. The molecule has 1 aromatic heterocycles. The minimum Gasteiger partial charge on any atom is -0.421 e. The minimum absolute atomic E-state index is 0.0461. The van der Waals surface area contributed by atoms with Crippen LogP contribution < -0.4 is 15.5 Å². The first kappa shape index (κ1) is 20.0. The van der Waals surface area contributed by atoms with Gasteiger partial charge in [-0.25, -0.2) is 13.6 Å². The summed E-state index contributed by atoms with van der Waals surface area (Å²) in [5, 5.41) is 13.3. The molecule has 0 saturated carbocycles. The molecule has 4 rings (SSSR count). The van der Waals surface area contributed by atoms with Gasteiger partial charge in [-0.15, -0.1) is 10.2 Å². The molecule has 0 unspecified atom stereocenters. The summed E-state index contributed by atoms with van der Waals surface area (Å²) in [7, 11) is 0. The number of para-hydroxylation sites is 1. The Bertz CT molecular complexity index is 1040. The fourth-order valence-corrected chi connectivity index (χ4v) is 3.54. The molecule has 7 nitrogen and oxygen atoms in total. The van der Waals surface area contributed by atoms with Crippen molar-refractivity contribution < 1.29 is 18.0 Å². The lowest BCUT2D eigenvalue weighted by molar-refractivity contribution is 0.252. The van der Waals surface area contributed by atoms with E-state index < -0.39 is 17.7 Å². The number of carbonyl (C=O) groups is 1. The van der Waals surface area contributed by atoms with E-state index in [2.05, 4.69) is 20.8 Å². The van der Waals surface area contributed by atoms with Crippen molar-refractivity contribution in [3.63, 3.8) is 0 Å². The fraction of sp³-hybridized carbons (Fsp3) is 0.286. The summed E-state index contributed by atoms with van der Waals surface area (Å²) < 4.78 is 34.0. The summed E-state index contributed by atoms with van der Waals surface area (Å²) in [5.74, 6) is -1.58. The first-order valence-corrected chi connectivity index (χ1v) is 9.68. The van der Waals surface area contributed by atoms with Crippen molar-refractivity contribution in [1.82, 2.24) is 15.5 Å². The second-order valence-corrected chi connectivity index (χ2v) is 7.06. The molecule has 0 aliphatic carbocycles. The summed E-state index contributed by atoms with van der Waals surface area (Å²) in [6.45, 7) is 3.14. The van der Waals surface area contributed by atoms with Crippen molar-refractivity contribution in [1.29, 1.82) is 0 Å². The molecular formula is C21H21F2N5O2.